The molecular weight excluding hydrogens is 504 g/mol. The highest BCUT2D eigenvalue weighted by atomic mass is 35.5. The molecule has 0 amide bonds. The van der Waals surface area contributed by atoms with Gasteiger partial charge in [-0.05, 0) is 35.4 Å². The van der Waals surface area contributed by atoms with Crippen molar-refractivity contribution < 1.29 is 22.7 Å². The Balaban J connectivity index is 1.75. The van der Waals surface area contributed by atoms with E-state index < -0.39 is 24.1 Å². The van der Waals surface area contributed by atoms with Gasteiger partial charge in [0.25, 0.3) is 0 Å². The van der Waals surface area contributed by atoms with Crippen LogP contribution in [0.1, 0.15) is 35.1 Å². The van der Waals surface area contributed by atoms with Crippen LogP contribution >= 0.6 is 22.9 Å². The van der Waals surface area contributed by atoms with Crippen LogP contribution in [0.4, 0.5) is 17.6 Å². The zero-order valence-corrected chi connectivity index (χ0v) is 19.7. The minimum atomic E-state index is -2.76. The van der Waals surface area contributed by atoms with E-state index in [0.717, 1.165) is 10.6 Å². The van der Waals surface area contributed by atoms with Gasteiger partial charge in [-0.15, -0.1) is 11.3 Å². The van der Waals surface area contributed by atoms with E-state index in [2.05, 4.69) is 4.98 Å². The molecule has 2 aliphatic heterocycles. The molecular formula is C24H19ClF4N4OS. The molecule has 2 aromatic heterocycles. The lowest BCUT2D eigenvalue weighted by atomic mass is 9.89. The number of amidine groups is 1. The summed E-state index contributed by atoms with van der Waals surface area (Å²) in [5.41, 5.74) is 0.0702. The third kappa shape index (κ3) is 4.41. The SMILES string of the molecule is OC/C=C/[C@@]1(F)CC2=C(c3ccn(C(F)F)c3)[C@H](c3ccc(F)cc3Cl)N=C(c3nccs3)N2C1. The molecule has 3 aromatic rings. The number of aliphatic hydroxyl groups is 1. The number of allylic oxidation sites excluding steroid dienone is 1. The van der Waals surface area contributed by atoms with E-state index in [9.17, 15) is 18.3 Å². The Morgan fingerprint density at radius 2 is 2.14 bits per heavy atom. The normalized spacial score (nSPS) is 22.4. The first kappa shape index (κ1) is 23.8. The van der Waals surface area contributed by atoms with Crippen molar-refractivity contribution in [2.24, 2.45) is 4.99 Å². The van der Waals surface area contributed by atoms with E-state index in [-0.39, 0.29) is 24.6 Å². The van der Waals surface area contributed by atoms with E-state index >= 15 is 4.39 Å². The number of aliphatic imine (C=N–C) groups is 1. The Bertz CT molecular complexity index is 1340. The topological polar surface area (TPSA) is 53.6 Å². The second-order valence-corrected chi connectivity index (χ2v) is 9.53. The monoisotopic (exact) mass is 522 g/mol. The van der Waals surface area contributed by atoms with Gasteiger partial charge in [0, 0.05) is 46.7 Å². The van der Waals surface area contributed by atoms with E-state index in [1.165, 1.54) is 54.1 Å². The van der Waals surface area contributed by atoms with Crippen LogP contribution in [-0.4, -0.2) is 44.2 Å². The van der Waals surface area contributed by atoms with Crippen molar-refractivity contribution in [2.75, 3.05) is 13.2 Å². The lowest BCUT2D eigenvalue weighted by Gasteiger charge is -2.32. The minimum absolute atomic E-state index is 0.0849. The number of benzene rings is 1. The highest BCUT2D eigenvalue weighted by Gasteiger charge is 2.46. The second-order valence-electron chi connectivity index (χ2n) is 8.23. The van der Waals surface area contributed by atoms with Crippen LogP contribution in [0.5, 0.6) is 0 Å². The van der Waals surface area contributed by atoms with Crippen LogP contribution in [0.25, 0.3) is 5.57 Å². The maximum absolute atomic E-state index is 16.0. The van der Waals surface area contributed by atoms with E-state index in [1.807, 2.05) is 0 Å². The second kappa shape index (κ2) is 9.25. The van der Waals surface area contributed by atoms with Gasteiger partial charge in [-0.2, -0.15) is 8.78 Å². The summed E-state index contributed by atoms with van der Waals surface area (Å²) < 4.78 is 57.4. The molecule has 5 rings (SSSR count). The maximum atomic E-state index is 16.0. The largest absolute Gasteiger partial charge is 0.392 e. The number of rotatable bonds is 6. The molecule has 4 heterocycles. The zero-order valence-electron chi connectivity index (χ0n) is 18.1. The van der Waals surface area contributed by atoms with Crippen LogP contribution in [0.2, 0.25) is 5.02 Å². The molecule has 1 saturated heterocycles. The lowest BCUT2D eigenvalue weighted by Crippen LogP contribution is -2.35. The number of hydrogen-bond donors (Lipinski definition) is 1. The number of nitrogens with zero attached hydrogens (tertiary/aromatic N) is 4. The van der Waals surface area contributed by atoms with Gasteiger partial charge >= 0.3 is 6.55 Å². The van der Waals surface area contributed by atoms with Gasteiger partial charge < -0.3 is 10.0 Å². The molecule has 1 aromatic carbocycles. The number of hydrogen-bond acceptors (Lipinski definition) is 5. The van der Waals surface area contributed by atoms with Gasteiger partial charge in [0.2, 0.25) is 0 Å². The highest BCUT2D eigenvalue weighted by molar-refractivity contribution is 7.11. The fraction of sp³-hybridized carbons (Fsp3) is 0.250. The van der Waals surface area contributed by atoms with Crippen LogP contribution in [-0.2, 0) is 0 Å². The molecule has 0 bridgehead atoms. The van der Waals surface area contributed by atoms with Gasteiger partial charge in [0.1, 0.15) is 11.9 Å². The summed E-state index contributed by atoms with van der Waals surface area (Å²) in [6.45, 7) is -3.18. The molecule has 0 unspecified atom stereocenters. The predicted molar refractivity (Wildman–Crippen MR) is 127 cm³/mol. The van der Waals surface area contributed by atoms with E-state index in [0.29, 0.717) is 33.2 Å². The number of fused-ring (bicyclic) bond motifs is 1. The average Bonchev–Trinajstić information content (AvgIpc) is 3.57. The van der Waals surface area contributed by atoms with Gasteiger partial charge in [0.15, 0.2) is 16.5 Å². The Hall–Kier alpha value is -2.95. The standard InChI is InChI=1S/C24H19ClF4N4OS/c25-17-10-15(26)2-3-16(17)20-19(14-4-7-32(12-14)23(27)28)18-11-24(29,5-1-8-34)13-33(18)21(31-20)22-30-6-9-35-22/h1-7,9-10,12,20,23,34H,8,11,13H2/b5-1+/t20-,24+/m0/s1. The van der Waals surface area contributed by atoms with Crippen molar-refractivity contribution in [3.05, 3.63) is 93.1 Å². The third-order valence-electron chi connectivity index (χ3n) is 5.95. The number of aliphatic hydroxyl groups excluding tert-OH is 1. The molecule has 11 heteroatoms. The number of halogens is 5. The first-order valence-electron chi connectivity index (χ1n) is 10.7. The Morgan fingerprint density at radius 3 is 2.80 bits per heavy atom. The molecule has 2 atom stereocenters. The number of aromatic nitrogens is 2. The Morgan fingerprint density at radius 1 is 1.31 bits per heavy atom. The van der Waals surface area contributed by atoms with Crippen molar-refractivity contribution in [3.8, 4) is 0 Å². The molecule has 0 saturated carbocycles. The van der Waals surface area contributed by atoms with Crippen LogP contribution in [0, 0.1) is 5.82 Å². The van der Waals surface area contributed by atoms with Gasteiger partial charge in [-0.25, -0.2) is 13.8 Å². The van der Waals surface area contributed by atoms with Gasteiger partial charge in [-0.3, -0.25) is 9.56 Å². The van der Waals surface area contributed by atoms with Crippen molar-refractivity contribution in [1.29, 1.82) is 0 Å². The van der Waals surface area contributed by atoms with Crippen molar-refractivity contribution >= 4 is 34.3 Å². The Kier molecular flexibility index (Phi) is 6.29. The van der Waals surface area contributed by atoms with Crippen molar-refractivity contribution in [3.63, 3.8) is 0 Å². The fourth-order valence-corrected chi connectivity index (χ4v) is 5.40. The van der Waals surface area contributed by atoms with Crippen LogP contribution < -0.4 is 0 Å². The van der Waals surface area contributed by atoms with Crippen molar-refractivity contribution in [2.45, 2.75) is 24.7 Å². The molecule has 35 heavy (non-hydrogen) atoms. The number of thiazole rings is 1. The lowest BCUT2D eigenvalue weighted by molar-refractivity contribution is 0.0706. The summed E-state index contributed by atoms with van der Waals surface area (Å²) in [5, 5.41) is 11.6. The first-order valence-corrected chi connectivity index (χ1v) is 11.9. The molecule has 5 nitrogen and oxygen atoms in total. The Labute approximate surface area is 207 Å². The molecule has 0 radical (unpaired) electrons. The molecule has 182 valence electrons. The summed E-state index contributed by atoms with van der Waals surface area (Å²) in [4.78, 5) is 10.9. The maximum Gasteiger partial charge on any atom is 0.318 e. The molecule has 2 aliphatic rings. The van der Waals surface area contributed by atoms with E-state index in [4.69, 9.17) is 16.6 Å². The zero-order chi connectivity index (χ0) is 24.7. The quantitative estimate of drug-likeness (QED) is 0.319. The summed E-state index contributed by atoms with van der Waals surface area (Å²) >= 11 is 7.74. The van der Waals surface area contributed by atoms with Crippen LogP contribution in [0.15, 0.2) is 71.1 Å². The summed E-state index contributed by atoms with van der Waals surface area (Å²) in [5.74, 6) is -0.120. The fourth-order valence-electron chi connectivity index (χ4n) is 4.49. The molecule has 1 fully saturated rings. The minimum Gasteiger partial charge on any atom is -0.392 e. The molecule has 0 aliphatic carbocycles. The summed E-state index contributed by atoms with van der Waals surface area (Å²) in [6.07, 6.45) is 6.68. The summed E-state index contributed by atoms with van der Waals surface area (Å²) in [6, 6.07) is 4.60. The smallest absolute Gasteiger partial charge is 0.318 e. The van der Waals surface area contributed by atoms with Crippen molar-refractivity contribution in [1.82, 2.24) is 14.5 Å². The third-order valence-corrected chi connectivity index (χ3v) is 7.05. The number of alkyl halides is 3. The van der Waals surface area contributed by atoms with Crippen LogP contribution in [0.3, 0.4) is 0 Å². The highest BCUT2D eigenvalue weighted by Crippen LogP contribution is 2.49. The predicted octanol–water partition coefficient (Wildman–Crippen LogP) is 6.01. The summed E-state index contributed by atoms with van der Waals surface area (Å²) in [7, 11) is 0. The molecule has 1 N–H and O–H groups in total. The molecule has 0 spiro atoms. The van der Waals surface area contributed by atoms with E-state index in [1.54, 1.807) is 16.5 Å². The first-order chi connectivity index (χ1) is 16.8. The van der Waals surface area contributed by atoms with Gasteiger partial charge in [-0.1, -0.05) is 23.7 Å². The average molecular weight is 523 g/mol. The van der Waals surface area contributed by atoms with Gasteiger partial charge in [0.05, 0.1) is 13.2 Å².